The van der Waals surface area contributed by atoms with Crippen LogP contribution in [0.15, 0.2) is 23.2 Å². The summed E-state index contributed by atoms with van der Waals surface area (Å²) in [5.74, 6) is 0.881. The van der Waals surface area contributed by atoms with Crippen molar-refractivity contribution in [2.24, 2.45) is 10.7 Å². The second-order valence-corrected chi connectivity index (χ2v) is 3.54. The quantitative estimate of drug-likeness (QED) is 0.494. The van der Waals surface area contributed by atoms with Crippen LogP contribution in [0, 0.1) is 0 Å². The van der Waals surface area contributed by atoms with Crippen LogP contribution in [0.2, 0.25) is 0 Å². The minimum Gasteiger partial charge on any atom is -0.493 e. The monoisotopic (exact) mass is 278 g/mol. The molecule has 0 aliphatic rings. The van der Waals surface area contributed by atoms with Crippen molar-refractivity contribution in [3.63, 3.8) is 0 Å². The summed E-state index contributed by atoms with van der Waals surface area (Å²) in [5.41, 5.74) is 5.99. The molecule has 1 aromatic rings. The molecule has 0 amide bonds. The Balaban J connectivity index is 2.89. The number of benzene rings is 1. The summed E-state index contributed by atoms with van der Waals surface area (Å²) in [7, 11) is 1.41. The van der Waals surface area contributed by atoms with Gasteiger partial charge in [0.2, 0.25) is 0 Å². The Labute approximate surface area is 108 Å². The number of ether oxygens (including phenoxy) is 2. The van der Waals surface area contributed by atoms with Crippen molar-refractivity contribution in [2.75, 3.05) is 19.6 Å². The lowest BCUT2D eigenvalue weighted by molar-refractivity contribution is 0.0804. The molecule has 0 atom stereocenters. The zero-order valence-electron chi connectivity index (χ0n) is 9.70. The molecule has 0 saturated heterocycles. The maximum absolute atomic E-state index is 12.0. The van der Waals surface area contributed by atoms with Gasteiger partial charge in [0.25, 0.3) is 6.43 Å². The summed E-state index contributed by atoms with van der Waals surface area (Å²) in [4.78, 5) is 4.00. The molecule has 0 aliphatic carbocycles. The van der Waals surface area contributed by atoms with Crippen molar-refractivity contribution in [1.82, 2.24) is 0 Å². The van der Waals surface area contributed by atoms with Gasteiger partial charge in [-0.15, -0.1) is 11.6 Å². The number of hydrogen-bond acceptors (Lipinski definition) is 3. The number of rotatable bonds is 6. The normalized spacial score (nSPS) is 11.7. The van der Waals surface area contributed by atoms with Crippen molar-refractivity contribution >= 4 is 23.1 Å². The van der Waals surface area contributed by atoms with Crippen LogP contribution in [0.5, 0.6) is 11.5 Å². The van der Waals surface area contributed by atoms with Gasteiger partial charge in [-0.3, -0.25) is 0 Å². The van der Waals surface area contributed by atoms with Gasteiger partial charge in [0.05, 0.1) is 18.7 Å². The molecule has 0 aliphatic heterocycles. The van der Waals surface area contributed by atoms with Crippen molar-refractivity contribution in [3.05, 3.63) is 18.2 Å². The predicted octanol–water partition coefficient (Wildman–Crippen LogP) is 2.57. The van der Waals surface area contributed by atoms with E-state index in [2.05, 4.69) is 4.99 Å². The molecule has 1 aromatic carbocycles. The lowest BCUT2D eigenvalue weighted by atomic mass is 10.3. The largest absolute Gasteiger partial charge is 0.493 e. The van der Waals surface area contributed by atoms with Crippen LogP contribution in [-0.4, -0.2) is 31.9 Å². The highest BCUT2D eigenvalue weighted by atomic mass is 35.5. The summed E-state index contributed by atoms with van der Waals surface area (Å²) in [6.45, 7) is -0.692. The van der Waals surface area contributed by atoms with E-state index in [9.17, 15) is 8.78 Å². The molecule has 4 nitrogen and oxygen atoms in total. The number of alkyl halides is 3. The smallest absolute Gasteiger partial charge is 0.272 e. The molecule has 1 rings (SSSR count). The van der Waals surface area contributed by atoms with Crippen molar-refractivity contribution in [3.8, 4) is 11.5 Å². The van der Waals surface area contributed by atoms with Crippen LogP contribution in [0.3, 0.4) is 0 Å². The van der Waals surface area contributed by atoms with E-state index in [1.54, 1.807) is 6.07 Å². The van der Waals surface area contributed by atoms with E-state index in [0.717, 1.165) is 0 Å². The molecule has 18 heavy (non-hydrogen) atoms. The maximum atomic E-state index is 12.0. The number of nitrogens with zero attached hydrogens (tertiary/aromatic N) is 1. The molecular weight excluding hydrogens is 266 g/mol. The van der Waals surface area contributed by atoms with Crippen molar-refractivity contribution < 1.29 is 18.3 Å². The number of halogens is 3. The van der Waals surface area contributed by atoms with Gasteiger partial charge in [-0.05, 0) is 12.1 Å². The second-order valence-electron chi connectivity index (χ2n) is 3.27. The van der Waals surface area contributed by atoms with Gasteiger partial charge in [-0.25, -0.2) is 13.8 Å². The number of nitrogens with two attached hydrogens (primary N) is 1. The van der Waals surface area contributed by atoms with Crippen LogP contribution in [0.4, 0.5) is 14.5 Å². The van der Waals surface area contributed by atoms with Gasteiger partial charge >= 0.3 is 0 Å². The Bertz CT molecular complexity index is 428. The van der Waals surface area contributed by atoms with Crippen LogP contribution in [0.25, 0.3) is 0 Å². The first-order valence-electron chi connectivity index (χ1n) is 5.04. The lowest BCUT2D eigenvalue weighted by Gasteiger charge is -2.10. The average molecular weight is 279 g/mol. The molecule has 7 heteroatoms. The number of amidine groups is 1. The maximum Gasteiger partial charge on any atom is 0.272 e. The standard InChI is InChI=1S/C11H13ClF2N2O2/c1-17-9-4-7(16-11(15)5-12)2-3-8(9)18-6-10(13)14/h2-4,10H,5-6H2,1H3,(H2,15,16). The van der Waals surface area contributed by atoms with Gasteiger partial charge in [-0.2, -0.15) is 0 Å². The van der Waals surface area contributed by atoms with E-state index >= 15 is 0 Å². The molecular formula is C11H13ClF2N2O2. The van der Waals surface area contributed by atoms with E-state index in [1.807, 2.05) is 0 Å². The zero-order valence-corrected chi connectivity index (χ0v) is 10.5. The first-order valence-corrected chi connectivity index (χ1v) is 5.58. The minimum atomic E-state index is -2.54. The zero-order chi connectivity index (χ0) is 13.5. The SMILES string of the molecule is COc1cc(N=C(N)CCl)ccc1OCC(F)F. The summed E-state index contributed by atoms with van der Waals surface area (Å²) < 4.78 is 34.0. The van der Waals surface area contributed by atoms with Gasteiger partial charge in [0, 0.05) is 6.07 Å². The molecule has 0 fully saturated rings. The van der Waals surface area contributed by atoms with Crippen LogP contribution >= 0.6 is 11.6 Å². The number of hydrogen-bond donors (Lipinski definition) is 1. The van der Waals surface area contributed by atoms with E-state index in [4.69, 9.17) is 26.8 Å². The molecule has 0 saturated carbocycles. The predicted molar refractivity (Wildman–Crippen MR) is 66.5 cm³/mol. The van der Waals surface area contributed by atoms with E-state index < -0.39 is 13.0 Å². The van der Waals surface area contributed by atoms with Crippen LogP contribution in [0.1, 0.15) is 0 Å². The lowest BCUT2D eigenvalue weighted by Crippen LogP contribution is -2.12. The van der Waals surface area contributed by atoms with E-state index in [-0.39, 0.29) is 17.5 Å². The van der Waals surface area contributed by atoms with Crippen LogP contribution < -0.4 is 15.2 Å². The molecule has 0 heterocycles. The Hall–Kier alpha value is -1.56. The third-order valence-electron chi connectivity index (χ3n) is 1.92. The van der Waals surface area contributed by atoms with Crippen molar-refractivity contribution in [1.29, 1.82) is 0 Å². The molecule has 0 unspecified atom stereocenters. The molecule has 0 aromatic heterocycles. The first-order chi connectivity index (χ1) is 8.56. The fraction of sp³-hybridized carbons (Fsp3) is 0.364. The van der Waals surface area contributed by atoms with E-state index in [0.29, 0.717) is 11.4 Å². The van der Waals surface area contributed by atoms with Gasteiger partial charge in [-0.1, -0.05) is 0 Å². The Morgan fingerprint density at radius 2 is 2.17 bits per heavy atom. The summed E-state index contributed by atoms with van der Waals surface area (Å²) >= 11 is 5.50. The third-order valence-corrected chi connectivity index (χ3v) is 2.20. The van der Waals surface area contributed by atoms with E-state index in [1.165, 1.54) is 19.2 Å². The third kappa shape index (κ3) is 4.37. The topological polar surface area (TPSA) is 56.8 Å². The highest BCUT2D eigenvalue weighted by Gasteiger charge is 2.09. The van der Waals surface area contributed by atoms with Gasteiger partial charge in [0.15, 0.2) is 11.5 Å². The van der Waals surface area contributed by atoms with Crippen LogP contribution in [-0.2, 0) is 0 Å². The number of methoxy groups -OCH3 is 1. The summed E-state index contributed by atoms with van der Waals surface area (Å²) in [6, 6.07) is 4.59. The molecule has 0 radical (unpaired) electrons. The Morgan fingerprint density at radius 3 is 2.72 bits per heavy atom. The molecule has 100 valence electrons. The fourth-order valence-corrected chi connectivity index (χ4v) is 1.25. The Kier molecular flexibility index (Phi) is 5.64. The van der Waals surface area contributed by atoms with Crippen molar-refractivity contribution in [2.45, 2.75) is 6.43 Å². The Morgan fingerprint density at radius 1 is 1.44 bits per heavy atom. The molecule has 0 bridgehead atoms. The minimum absolute atomic E-state index is 0.103. The fourth-order valence-electron chi connectivity index (χ4n) is 1.19. The second kappa shape index (κ2) is 7.00. The highest BCUT2D eigenvalue weighted by Crippen LogP contribution is 2.31. The number of aliphatic imine (C=N–C) groups is 1. The van der Waals surface area contributed by atoms with Gasteiger partial charge in [0.1, 0.15) is 12.4 Å². The summed E-state index contributed by atoms with van der Waals surface area (Å²) in [6.07, 6.45) is -2.54. The first kappa shape index (κ1) is 14.5. The average Bonchev–Trinajstić information content (AvgIpc) is 2.36. The summed E-state index contributed by atoms with van der Waals surface area (Å²) in [5, 5.41) is 0. The molecule has 2 N–H and O–H groups in total. The molecule has 0 spiro atoms. The highest BCUT2D eigenvalue weighted by molar-refractivity contribution is 6.28. The van der Waals surface area contributed by atoms with Gasteiger partial charge < -0.3 is 15.2 Å².